The third kappa shape index (κ3) is 4.64. The number of thioether (sulfide) groups is 1. The third-order valence-electron chi connectivity index (χ3n) is 4.71. The second-order valence-electron chi connectivity index (χ2n) is 7.06. The topological polar surface area (TPSA) is 59.8 Å². The Hall–Kier alpha value is -2.74. The van der Waals surface area contributed by atoms with Crippen LogP contribution in [0.1, 0.15) is 37.1 Å². The zero-order valence-corrected chi connectivity index (χ0v) is 16.6. The summed E-state index contributed by atoms with van der Waals surface area (Å²) < 4.78 is 29.2. The highest BCUT2D eigenvalue weighted by molar-refractivity contribution is 8.00. The Morgan fingerprint density at radius 2 is 1.97 bits per heavy atom. The van der Waals surface area contributed by atoms with E-state index >= 15 is 0 Å². The Kier molecular flexibility index (Phi) is 5.62. The molecule has 1 aliphatic rings. The smallest absolute Gasteiger partial charge is 0.237 e. The first-order valence-corrected chi connectivity index (χ1v) is 10.3. The van der Waals surface area contributed by atoms with E-state index in [9.17, 15) is 13.6 Å². The van der Waals surface area contributed by atoms with Gasteiger partial charge in [-0.25, -0.2) is 8.78 Å². The molecule has 29 heavy (non-hydrogen) atoms. The first kappa shape index (κ1) is 19.6. The number of benzene rings is 2. The molecule has 0 unspecified atom stereocenters. The van der Waals surface area contributed by atoms with Crippen molar-refractivity contribution in [3.63, 3.8) is 0 Å². The van der Waals surface area contributed by atoms with E-state index in [0.29, 0.717) is 17.6 Å². The van der Waals surface area contributed by atoms with Gasteiger partial charge in [-0.1, -0.05) is 42.1 Å². The maximum Gasteiger partial charge on any atom is 0.237 e. The lowest BCUT2D eigenvalue weighted by molar-refractivity contribution is -0.115. The SMILES string of the molecule is C[C@H](Sc1nnc(C2CC2)n1Cc1ccccc1)C(=O)Nc1cc(F)ccc1F. The number of anilines is 1. The number of rotatable bonds is 7. The molecule has 1 atom stereocenters. The number of hydrogen-bond acceptors (Lipinski definition) is 4. The first-order valence-electron chi connectivity index (χ1n) is 9.41. The normalized spacial score (nSPS) is 14.6. The highest BCUT2D eigenvalue weighted by Gasteiger charge is 2.31. The van der Waals surface area contributed by atoms with Crippen LogP contribution in [0.15, 0.2) is 53.7 Å². The molecule has 1 heterocycles. The number of nitrogens with zero attached hydrogens (tertiary/aromatic N) is 3. The van der Waals surface area contributed by atoms with E-state index in [4.69, 9.17) is 0 Å². The molecule has 0 aliphatic heterocycles. The quantitative estimate of drug-likeness (QED) is 0.574. The molecule has 1 aromatic heterocycles. The molecule has 3 aromatic rings. The molecule has 150 valence electrons. The van der Waals surface area contributed by atoms with Crippen LogP contribution >= 0.6 is 11.8 Å². The molecule has 0 spiro atoms. The van der Waals surface area contributed by atoms with Crippen LogP contribution in [-0.4, -0.2) is 25.9 Å². The fraction of sp³-hybridized carbons (Fsp3) is 0.286. The Labute approximate surface area is 171 Å². The number of halogens is 2. The van der Waals surface area contributed by atoms with Crippen molar-refractivity contribution in [3.8, 4) is 0 Å². The molecule has 1 N–H and O–H groups in total. The van der Waals surface area contributed by atoms with Crippen molar-refractivity contribution in [3.05, 3.63) is 71.6 Å². The highest BCUT2D eigenvalue weighted by Crippen LogP contribution is 2.40. The lowest BCUT2D eigenvalue weighted by Crippen LogP contribution is -2.23. The van der Waals surface area contributed by atoms with Crippen LogP contribution in [0.4, 0.5) is 14.5 Å². The summed E-state index contributed by atoms with van der Waals surface area (Å²) >= 11 is 1.25. The maximum atomic E-state index is 13.8. The number of aromatic nitrogens is 3. The Morgan fingerprint density at radius 1 is 1.21 bits per heavy atom. The summed E-state index contributed by atoms with van der Waals surface area (Å²) in [6.07, 6.45) is 2.18. The van der Waals surface area contributed by atoms with Gasteiger partial charge in [0, 0.05) is 12.0 Å². The number of carbonyl (C=O) groups excluding carboxylic acids is 1. The lowest BCUT2D eigenvalue weighted by atomic mass is 10.2. The molecule has 1 amide bonds. The molecule has 1 fully saturated rings. The van der Waals surface area contributed by atoms with Crippen molar-refractivity contribution in [2.45, 2.75) is 42.6 Å². The van der Waals surface area contributed by atoms with Gasteiger partial charge in [0.2, 0.25) is 5.91 Å². The lowest BCUT2D eigenvalue weighted by Gasteiger charge is -2.14. The number of hydrogen-bond donors (Lipinski definition) is 1. The summed E-state index contributed by atoms with van der Waals surface area (Å²) in [7, 11) is 0. The van der Waals surface area contributed by atoms with Crippen molar-refractivity contribution in [2.75, 3.05) is 5.32 Å². The molecule has 1 saturated carbocycles. The highest BCUT2D eigenvalue weighted by atomic mass is 32.2. The third-order valence-corrected chi connectivity index (χ3v) is 5.79. The maximum absolute atomic E-state index is 13.8. The van der Waals surface area contributed by atoms with E-state index in [-0.39, 0.29) is 5.69 Å². The minimum Gasteiger partial charge on any atom is -0.323 e. The zero-order chi connectivity index (χ0) is 20.4. The monoisotopic (exact) mass is 414 g/mol. The van der Waals surface area contributed by atoms with Gasteiger partial charge in [0.25, 0.3) is 0 Å². The van der Waals surface area contributed by atoms with Gasteiger partial charge in [0.15, 0.2) is 5.16 Å². The van der Waals surface area contributed by atoms with Crippen molar-refractivity contribution in [1.29, 1.82) is 0 Å². The largest absolute Gasteiger partial charge is 0.323 e. The van der Waals surface area contributed by atoms with Gasteiger partial charge >= 0.3 is 0 Å². The molecular weight excluding hydrogens is 394 g/mol. The van der Waals surface area contributed by atoms with Crippen LogP contribution in [-0.2, 0) is 11.3 Å². The van der Waals surface area contributed by atoms with Gasteiger partial charge in [-0.2, -0.15) is 0 Å². The fourth-order valence-electron chi connectivity index (χ4n) is 2.98. The van der Waals surface area contributed by atoms with Gasteiger partial charge in [-0.15, -0.1) is 10.2 Å². The number of nitrogens with one attached hydrogen (secondary N) is 1. The molecule has 1 aliphatic carbocycles. The second kappa shape index (κ2) is 8.32. The van der Waals surface area contributed by atoms with Crippen LogP contribution < -0.4 is 5.32 Å². The van der Waals surface area contributed by atoms with Crippen LogP contribution in [0.3, 0.4) is 0 Å². The van der Waals surface area contributed by atoms with Crippen LogP contribution in [0.5, 0.6) is 0 Å². The molecular formula is C21H20F2N4OS. The zero-order valence-electron chi connectivity index (χ0n) is 15.8. The standard InChI is InChI=1S/C21H20F2N4OS/c1-13(20(28)24-18-11-16(22)9-10-17(18)23)29-21-26-25-19(15-7-8-15)27(21)12-14-5-3-2-4-6-14/h2-6,9-11,13,15H,7-8,12H2,1H3,(H,24,28)/t13-/m0/s1. The van der Waals surface area contributed by atoms with E-state index in [0.717, 1.165) is 42.4 Å². The molecule has 5 nitrogen and oxygen atoms in total. The fourth-order valence-corrected chi connectivity index (χ4v) is 3.84. The molecule has 0 radical (unpaired) electrons. The van der Waals surface area contributed by atoms with Crippen molar-refractivity contribution in [2.24, 2.45) is 0 Å². The van der Waals surface area contributed by atoms with E-state index in [1.165, 1.54) is 11.8 Å². The van der Waals surface area contributed by atoms with E-state index in [2.05, 4.69) is 15.5 Å². The van der Waals surface area contributed by atoms with E-state index in [1.54, 1.807) is 6.92 Å². The van der Waals surface area contributed by atoms with Gasteiger partial charge in [0.1, 0.15) is 17.5 Å². The Balaban J connectivity index is 1.51. The van der Waals surface area contributed by atoms with Crippen LogP contribution in [0, 0.1) is 11.6 Å². The van der Waals surface area contributed by atoms with Gasteiger partial charge in [-0.05, 0) is 37.5 Å². The van der Waals surface area contributed by atoms with Crippen molar-refractivity contribution >= 4 is 23.4 Å². The summed E-state index contributed by atoms with van der Waals surface area (Å²) in [5.41, 5.74) is 0.946. The van der Waals surface area contributed by atoms with Crippen LogP contribution in [0.2, 0.25) is 0 Å². The molecule has 0 bridgehead atoms. The minimum atomic E-state index is -0.680. The summed E-state index contributed by atoms with van der Waals surface area (Å²) in [6.45, 7) is 2.32. The number of amides is 1. The van der Waals surface area contributed by atoms with Gasteiger partial charge in [0.05, 0.1) is 17.5 Å². The molecule has 8 heteroatoms. The van der Waals surface area contributed by atoms with Crippen molar-refractivity contribution in [1.82, 2.24) is 14.8 Å². The molecule has 0 saturated heterocycles. The average molecular weight is 414 g/mol. The second-order valence-corrected chi connectivity index (χ2v) is 8.37. The van der Waals surface area contributed by atoms with Crippen molar-refractivity contribution < 1.29 is 13.6 Å². The summed E-state index contributed by atoms with van der Waals surface area (Å²) in [6, 6.07) is 13.0. The van der Waals surface area contributed by atoms with E-state index < -0.39 is 22.8 Å². The minimum absolute atomic E-state index is 0.174. The summed E-state index contributed by atoms with van der Waals surface area (Å²) in [5.74, 6) is -0.383. The molecule has 4 rings (SSSR count). The Bertz CT molecular complexity index is 1020. The Morgan fingerprint density at radius 3 is 2.69 bits per heavy atom. The van der Waals surface area contributed by atoms with Crippen LogP contribution in [0.25, 0.3) is 0 Å². The predicted molar refractivity (Wildman–Crippen MR) is 108 cm³/mol. The number of carbonyl (C=O) groups is 1. The van der Waals surface area contributed by atoms with E-state index in [1.807, 2.05) is 34.9 Å². The predicted octanol–water partition coefficient (Wildman–Crippen LogP) is 4.60. The van der Waals surface area contributed by atoms with Gasteiger partial charge in [-0.3, -0.25) is 4.79 Å². The summed E-state index contributed by atoms with van der Waals surface area (Å²) in [5, 5.41) is 11.2. The first-order chi connectivity index (χ1) is 14.0. The average Bonchev–Trinajstić information content (AvgIpc) is 3.48. The van der Waals surface area contributed by atoms with Gasteiger partial charge < -0.3 is 9.88 Å². The summed E-state index contributed by atoms with van der Waals surface area (Å²) in [4.78, 5) is 12.5. The molecule has 2 aromatic carbocycles.